The summed E-state index contributed by atoms with van der Waals surface area (Å²) >= 11 is 0. The molecule has 1 amide bonds. The molecule has 1 aliphatic rings. The van der Waals surface area contributed by atoms with E-state index >= 15 is 0 Å². The summed E-state index contributed by atoms with van der Waals surface area (Å²) in [7, 11) is 1.95. The number of rotatable bonds is 8. The first-order valence-electron chi connectivity index (χ1n) is 11.3. The molecule has 162 valence electrons. The van der Waals surface area contributed by atoms with Gasteiger partial charge in [0.15, 0.2) is 0 Å². The molecule has 0 aliphatic carbocycles. The van der Waals surface area contributed by atoms with E-state index < -0.39 is 0 Å². The van der Waals surface area contributed by atoms with Gasteiger partial charge < -0.3 is 4.90 Å². The third-order valence-corrected chi connectivity index (χ3v) is 6.12. The second-order valence-electron chi connectivity index (χ2n) is 8.57. The summed E-state index contributed by atoms with van der Waals surface area (Å²) in [6.45, 7) is 3.64. The third-order valence-electron chi connectivity index (χ3n) is 6.12. The fraction of sp³-hybridized carbons (Fsp3) is 0.385. The summed E-state index contributed by atoms with van der Waals surface area (Å²) in [4.78, 5) is 17.4. The smallest absolute Gasteiger partial charge is 0.226 e. The summed E-state index contributed by atoms with van der Waals surface area (Å²) in [5, 5.41) is 7.56. The van der Waals surface area contributed by atoms with E-state index in [0.29, 0.717) is 0 Å². The van der Waals surface area contributed by atoms with Crippen LogP contribution in [0.4, 0.5) is 0 Å². The molecular weight excluding hydrogens is 384 g/mol. The maximum absolute atomic E-state index is 13.0. The quantitative estimate of drug-likeness (QED) is 0.593. The van der Waals surface area contributed by atoms with E-state index in [4.69, 9.17) is 0 Å². The van der Waals surface area contributed by atoms with Crippen LogP contribution >= 0.6 is 0 Å². The van der Waals surface area contributed by atoms with Gasteiger partial charge in [-0.2, -0.15) is 5.10 Å². The van der Waals surface area contributed by atoms with Gasteiger partial charge in [-0.05, 0) is 43.9 Å². The molecule has 1 N–H and O–H groups in total. The summed E-state index contributed by atoms with van der Waals surface area (Å²) < 4.78 is 0. The van der Waals surface area contributed by atoms with Gasteiger partial charge in [-0.3, -0.25) is 14.8 Å². The molecule has 1 fully saturated rings. The number of amides is 1. The van der Waals surface area contributed by atoms with E-state index in [2.05, 4.69) is 57.6 Å². The molecule has 2 aromatic carbocycles. The molecule has 4 rings (SSSR count). The number of benzene rings is 2. The highest BCUT2D eigenvalue weighted by molar-refractivity contribution is 5.78. The molecule has 5 heteroatoms. The minimum Gasteiger partial charge on any atom is -0.345 e. The summed E-state index contributed by atoms with van der Waals surface area (Å²) in [6, 6.07) is 22.8. The van der Waals surface area contributed by atoms with Crippen molar-refractivity contribution >= 4 is 5.91 Å². The molecule has 5 nitrogen and oxygen atoms in total. The first-order valence-corrected chi connectivity index (χ1v) is 11.3. The number of piperidine rings is 1. The Morgan fingerprint density at radius 2 is 1.87 bits per heavy atom. The van der Waals surface area contributed by atoms with Gasteiger partial charge >= 0.3 is 0 Å². The molecule has 1 atom stereocenters. The van der Waals surface area contributed by atoms with Gasteiger partial charge in [0.25, 0.3) is 0 Å². The van der Waals surface area contributed by atoms with E-state index in [1.165, 1.54) is 5.56 Å². The topological polar surface area (TPSA) is 52.2 Å². The Bertz CT molecular complexity index is 954. The highest BCUT2D eigenvalue weighted by atomic mass is 16.2. The lowest BCUT2D eigenvalue weighted by molar-refractivity contribution is -0.136. The van der Waals surface area contributed by atoms with Crippen molar-refractivity contribution in [2.75, 3.05) is 26.7 Å². The van der Waals surface area contributed by atoms with Crippen LogP contribution in [0.1, 0.15) is 30.5 Å². The van der Waals surface area contributed by atoms with Crippen LogP contribution in [0.2, 0.25) is 0 Å². The molecule has 1 aliphatic heterocycles. The average molecular weight is 417 g/mol. The molecule has 0 saturated carbocycles. The Hall–Kier alpha value is -2.92. The van der Waals surface area contributed by atoms with Crippen LogP contribution in [0.3, 0.4) is 0 Å². The van der Waals surface area contributed by atoms with Crippen molar-refractivity contribution in [2.45, 2.75) is 32.2 Å². The number of carbonyl (C=O) groups is 1. The first-order chi connectivity index (χ1) is 15.2. The highest BCUT2D eigenvalue weighted by Gasteiger charge is 2.27. The van der Waals surface area contributed by atoms with E-state index in [1.807, 2.05) is 36.2 Å². The molecular formula is C26H32N4O. The largest absolute Gasteiger partial charge is 0.345 e. The molecule has 3 aromatic rings. The van der Waals surface area contributed by atoms with Crippen LogP contribution in [0, 0.1) is 5.92 Å². The number of aromatic nitrogens is 2. The van der Waals surface area contributed by atoms with Gasteiger partial charge in [-0.1, -0.05) is 60.7 Å². The number of hydrogen-bond acceptors (Lipinski definition) is 3. The average Bonchev–Trinajstić information content (AvgIpc) is 3.29. The van der Waals surface area contributed by atoms with Crippen molar-refractivity contribution in [3.63, 3.8) is 0 Å². The molecule has 0 bridgehead atoms. The fourth-order valence-electron chi connectivity index (χ4n) is 4.42. The molecule has 1 aromatic heterocycles. The van der Waals surface area contributed by atoms with Gasteiger partial charge in [0.2, 0.25) is 5.91 Å². The normalized spacial score (nSPS) is 16.9. The van der Waals surface area contributed by atoms with Crippen LogP contribution in [0.25, 0.3) is 11.3 Å². The van der Waals surface area contributed by atoms with Crippen LogP contribution in [0.15, 0.2) is 66.7 Å². The number of carbonyl (C=O) groups excluding carboxylic acids is 1. The van der Waals surface area contributed by atoms with Gasteiger partial charge in [0.05, 0.1) is 11.6 Å². The van der Waals surface area contributed by atoms with Crippen LogP contribution < -0.4 is 0 Å². The number of nitrogens with zero attached hydrogens (tertiary/aromatic N) is 3. The lowest BCUT2D eigenvalue weighted by Crippen LogP contribution is -2.43. The van der Waals surface area contributed by atoms with Gasteiger partial charge in [-0.15, -0.1) is 0 Å². The number of aromatic amines is 1. The molecule has 1 saturated heterocycles. The Morgan fingerprint density at radius 3 is 2.65 bits per heavy atom. The number of nitrogens with one attached hydrogen (secondary N) is 1. The minimum atomic E-state index is 0.110. The molecule has 31 heavy (non-hydrogen) atoms. The lowest BCUT2D eigenvalue weighted by atomic mass is 9.96. The summed E-state index contributed by atoms with van der Waals surface area (Å²) in [5.74, 6) is 0.395. The third kappa shape index (κ3) is 5.82. The van der Waals surface area contributed by atoms with E-state index in [0.717, 1.165) is 68.8 Å². The number of aryl methyl sites for hydroxylation is 1. The van der Waals surface area contributed by atoms with Crippen molar-refractivity contribution in [3.8, 4) is 11.3 Å². The zero-order valence-electron chi connectivity index (χ0n) is 18.3. The predicted octanol–water partition coefficient (Wildman–Crippen LogP) is 4.38. The maximum Gasteiger partial charge on any atom is 0.226 e. The standard InChI is InChI=1S/C26H32N4O/c1-29(16-9-15-24-18-25(28-27-24)22-12-6-3-7-13-22)26(31)23-14-8-17-30(20-23)19-21-10-4-2-5-11-21/h2-7,10-13,18,23H,8-9,14-17,19-20H2,1H3,(H,27,28). The van der Waals surface area contributed by atoms with Gasteiger partial charge in [-0.25, -0.2) is 0 Å². The SMILES string of the molecule is CN(CCCc1cc(-c2ccccc2)n[nH]1)C(=O)C1CCCN(Cc2ccccc2)C1. The van der Waals surface area contributed by atoms with Crippen molar-refractivity contribution in [1.82, 2.24) is 20.0 Å². The van der Waals surface area contributed by atoms with Crippen molar-refractivity contribution in [1.29, 1.82) is 0 Å². The zero-order chi connectivity index (χ0) is 21.5. The summed E-state index contributed by atoms with van der Waals surface area (Å²) in [5.41, 5.74) is 4.53. The van der Waals surface area contributed by atoms with Crippen molar-refractivity contribution in [2.24, 2.45) is 5.92 Å². The van der Waals surface area contributed by atoms with Crippen LogP contribution in [-0.2, 0) is 17.8 Å². The Balaban J connectivity index is 1.23. The van der Waals surface area contributed by atoms with Crippen molar-refractivity contribution < 1.29 is 4.79 Å². The Kier molecular flexibility index (Phi) is 7.15. The number of likely N-dealkylation sites (tertiary alicyclic amines) is 1. The Labute approximate surface area is 185 Å². The highest BCUT2D eigenvalue weighted by Crippen LogP contribution is 2.21. The van der Waals surface area contributed by atoms with Crippen LogP contribution in [-0.4, -0.2) is 52.6 Å². The van der Waals surface area contributed by atoms with Crippen LogP contribution in [0.5, 0.6) is 0 Å². The minimum absolute atomic E-state index is 0.110. The molecule has 2 heterocycles. The fourth-order valence-corrected chi connectivity index (χ4v) is 4.42. The number of hydrogen-bond donors (Lipinski definition) is 1. The second kappa shape index (κ2) is 10.4. The second-order valence-corrected chi connectivity index (χ2v) is 8.57. The molecule has 0 radical (unpaired) electrons. The molecule has 0 spiro atoms. The zero-order valence-corrected chi connectivity index (χ0v) is 18.3. The number of H-pyrrole nitrogens is 1. The monoisotopic (exact) mass is 416 g/mol. The predicted molar refractivity (Wildman–Crippen MR) is 124 cm³/mol. The summed E-state index contributed by atoms with van der Waals surface area (Å²) in [6.07, 6.45) is 3.91. The maximum atomic E-state index is 13.0. The van der Waals surface area contributed by atoms with Gasteiger partial charge in [0, 0.05) is 37.9 Å². The molecule has 1 unspecified atom stereocenters. The van der Waals surface area contributed by atoms with Gasteiger partial charge in [0.1, 0.15) is 0 Å². The first kappa shape index (κ1) is 21.3. The van der Waals surface area contributed by atoms with Crippen molar-refractivity contribution in [3.05, 3.63) is 78.0 Å². The Morgan fingerprint density at radius 1 is 1.13 bits per heavy atom. The lowest BCUT2D eigenvalue weighted by Gasteiger charge is -2.34. The van der Waals surface area contributed by atoms with E-state index in [9.17, 15) is 4.79 Å². The van der Waals surface area contributed by atoms with E-state index in [1.54, 1.807) is 0 Å². The van der Waals surface area contributed by atoms with E-state index in [-0.39, 0.29) is 11.8 Å².